The van der Waals surface area contributed by atoms with Gasteiger partial charge in [0.05, 0.1) is 36.8 Å². The Kier molecular flexibility index (Phi) is 4.78. The molecule has 2 aromatic rings. The molecule has 3 rings (SSSR count). The first-order chi connectivity index (χ1) is 11.3. The molecule has 0 spiro atoms. The Bertz CT molecular complexity index is 759. The minimum Gasteiger partial charge on any atom is -0.496 e. The van der Waals surface area contributed by atoms with Crippen molar-refractivity contribution in [3.05, 3.63) is 38.7 Å². The van der Waals surface area contributed by atoms with Gasteiger partial charge in [0.15, 0.2) is 0 Å². The summed E-state index contributed by atoms with van der Waals surface area (Å²) >= 11 is 2.15. The molecule has 0 bridgehead atoms. The van der Waals surface area contributed by atoms with Crippen molar-refractivity contribution in [1.82, 2.24) is 9.78 Å². The molecule has 130 valence electrons. The van der Waals surface area contributed by atoms with Crippen molar-refractivity contribution >= 4 is 22.6 Å². The maximum absolute atomic E-state index is 13.0. The molecule has 0 N–H and O–H groups in total. The lowest BCUT2D eigenvalue weighted by Crippen LogP contribution is -2.14. The number of aromatic nitrogens is 2. The molecule has 2 heterocycles. The first kappa shape index (κ1) is 17.5. The minimum atomic E-state index is -4.46. The second-order valence-electron chi connectivity index (χ2n) is 5.65. The van der Waals surface area contributed by atoms with E-state index in [-0.39, 0.29) is 11.9 Å². The van der Waals surface area contributed by atoms with E-state index in [9.17, 15) is 13.2 Å². The molecule has 0 saturated carbocycles. The number of fused-ring (bicyclic) bond motifs is 1. The largest absolute Gasteiger partial charge is 0.496 e. The topological polar surface area (TPSA) is 36.3 Å². The fourth-order valence-corrected chi connectivity index (χ4v) is 3.66. The number of rotatable bonds is 2. The molecule has 1 aliphatic rings. The monoisotopic (exact) mass is 452 g/mol. The van der Waals surface area contributed by atoms with Gasteiger partial charge in [0, 0.05) is 24.5 Å². The molecule has 1 aromatic carbocycles. The van der Waals surface area contributed by atoms with Crippen molar-refractivity contribution in [3.8, 4) is 11.4 Å². The lowest BCUT2D eigenvalue weighted by Gasteiger charge is -2.15. The fourth-order valence-electron chi connectivity index (χ4n) is 2.87. The highest BCUT2D eigenvalue weighted by Crippen LogP contribution is 2.37. The zero-order chi connectivity index (χ0) is 17.5. The van der Waals surface area contributed by atoms with Crippen LogP contribution in [0.15, 0.2) is 18.2 Å². The Morgan fingerprint density at radius 3 is 2.79 bits per heavy atom. The van der Waals surface area contributed by atoms with Crippen LogP contribution >= 0.6 is 22.6 Å². The minimum absolute atomic E-state index is 0.0360. The number of halogens is 4. The summed E-state index contributed by atoms with van der Waals surface area (Å²) in [7, 11) is 1.23. The Labute approximate surface area is 151 Å². The molecular formula is C16H16F3IN2O2. The third kappa shape index (κ3) is 3.26. The highest BCUT2D eigenvalue weighted by atomic mass is 127. The smallest absolute Gasteiger partial charge is 0.419 e. The summed E-state index contributed by atoms with van der Waals surface area (Å²) in [4.78, 5) is 0. The van der Waals surface area contributed by atoms with Crippen LogP contribution in [0.4, 0.5) is 13.2 Å². The number of methoxy groups -OCH3 is 1. The molecular weight excluding hydrogens is 436 g/mol. The lowest BCUT2D eigenvalue weighted by atomic mass is 10.1. The van der Waals surface area contributed by atoms with E-state index in [0.717, 1.165) is 27.4 Å². The van der Waals surface area contributed by atoms with E-state index < -0.39 is 11.7 Å². The SMILES string of the molecule is COc1cc(-n2nc(I)c3c2C[C@@H](C)OCC3)ccc1C(F)(F)F. The quantitative estimate of drug-likeness (QED) is 0.647. The van der Waals surface area contributed by atoms with E-state index in [0.29, 0.717) is 18.7 Å². The molecule has 0 fully saturated rings. The van der Waals surface area contributed by atoms with Crippen LogP contribution < -0.4 is 4.74 Å². The fraction of sp³-hybridized carbons (Fsp3) is 0.438. The summed E-state index contributed by atoms with van der Waals surface area (Å²) in [6, 6.07) is 3.83. The van der Waals surface area contributed by atoms with Crippen LogP contribution in [0.3, 0.4) is 0 Å². The van der Waals surface area contributed by atoms with Crippen molar-refractivity contribution in [2.24, 2.45) is 0 Å². The average molecular weight is 452 g/mol. The van der Waals surface area contributed by atoms with Crippen molar-refractivity contribution in [2.75, 3.05) is 13.7 Å². The van der Waals surface area contributed by atoms with E-state index in [4.69, 9.17) is 9.47 Å². The highest BCUT2D eigenvalue weighted by molar-refractivity contribution is 14.1. The van der Waals surface area contributed by atoms with Crippen LogP contribution in [-0.4, -0.2) is 29.6 Å². The van der Waals surface area contributed by atoms with Crippen LogP contribution in [0.5, 0.6) is 5.75 Å². The Morgan fingerprint density at radius 1 is 1.38 bits per heavy atom. The maximum Gasteiger partial charge on any atom is 0.419 e. The van der Waals surface area contributed by atoms with Crippen LogP contribution in [-0.2, 0) is 23.8 Å². The Morgan fingerprint density at radius 2 is 2.12 bits per heavy atom. The second-order valence-corrected chi connectivity index (χ2v) is 6.67. The second kappa shape index (κ2) is 6.55. The molecule has 8 heteroatoms. The number of alkyl halides is 3. The van der Waals surface area contributed by atoms with Gasteiger partial charge in [-0.15, -0.1) is 0 Å². The number of hydrogen-bond acceptors (Lipinski definition) is 3. The van der Waals surface area contributed by atoms with Crippen LogP contribution in [0, 0.1) is 3.70 Å². The van der Waals surface area contributed by atoms with Gasteiger partial charge >= 0.3 is 6.18 Å². The molecule has 1 aromatic heterocycles. The molecule has 1 atom stereocenters. The van der Waals surface area contributed by atoms with Crippen LogP contribution in [0.25, 0.3) is 5.69 Å². The van der Waals surface area contributed by atoms with E-state index >= 15 is 0 Å². The molecule has 0 saturated heterocycles. The standard InChI is InChI=1S/C16H16F3IN2O2/c1-9-7-13-11(5-6-24-9)15(20)21-22(13)10-3-4-12(16(17,18)19)14(8-10)23-2/h3-4,8-9H,5-7H2,1-2H3/t9-/m1/s1. The molecule has 24 heavy (non-hydrogen) atoms. The van der Waals surface area contributed by atoms with Crippen LogP contribution in [0.1, 0.15) is 23.7 Å². The summed E-state index contributed by atoms with van der Waals surface area (Å²) in [5.41, 5.74) is 1.83. The zero-order valence-electron chi connectivity index (χ0n) is 13.2. The number of nitrogens with zero attached hydrogens (tertiary/aromatic N) is 2. The predicted octanol–water partition coefficient (Wildman–Crippen LogP) is 4.01. The van der Waals surface area contributed by atoms with Crippen LogP contribution in [0.2, 0.25) is 0 Å². The molecule has 0 unspecified atom stereocenters. The van der Waals surface area contributed by atoms with Gasteiger partial charge in [-0.25, -0.2) is 4.68 Å². The van der Waals surface area contributed by atoms with E-state index in [2.05, 4.69) is 27.7 Å². The Hall–Kier alpha value is -1.29. The highest BCUT2D eigenvalue weighted by Gasteiger charge is 2.34. The van der Waals surface area contributed by atoms with Crippen molar-refractivity contribution in [1.29, 1.82) is 0 Å². The summed E-state index contributed by atoms with van der Waals surface area (Å²) in [6.07, 6.45) is -3.01. The lowest BCUT2D eigenvalue weighted by molar-refractivity contribution is -0.138. The third-order valence-electron chi connectivity index (χ3n) is 4.01. The molecule has 1 aliphatic heterocycles. The molecule has 4 nitrogen and oxygen atoms in total. The van der Waals surface area contributed by atoms with Gasteiger partial charge in [0.25, 0.3) is 0 Å². The van der Waals surface area contributed by atoms with Crippen molar-refractivity contribution in [2.45, 2.75) is 32.0 Å². The summed E-state index contributed by atoms with van der Waals surface area (Å²) < 4.78 is 52.3. The Balaban J connectivity index is 2.10. The van der Waals surface area contributed by atoms with E-state index in [1.807, 2.05) is 6.92 Å². The van der Waals surface area contributed by atoms with E-state index in [1.165, 1.54) is 19.2 Å². The van der Waals surface area contributed by atoms with Gasteiger partial charge in [0.1, 0.15) is 9.45 Å². The van der Waals surface area contributed by atoms with Gasteiger partial charge in [-0.2, -0.15) is 18.3 Å². The van der Waals surface area contributed by atoms with Crippen molar-refractivity contribution in [3.63, 3.8) is 0 Å². The summed E-state index contributed by atoms with van der Waals surface area (Å²) in [6.45, 7) is 2.60. The first-order valence-corrected chi connectivity index (χ1v) is 8.52. The number of ether oxygens (including phenoxy) is 2. The summed E-state index contributed by atoms with van der Waals surface area (Å²) in [5, 5.41) is 4.52. The van der Waals surface area contributed by atoms with Gasteiger partial charge in [-0.3, -0.25) is 0 Å². The van der Waals surface area contributed by atoms with E-state index in [1.54, 1.807) is 4.68 Å². The van der Waals surface area contributed by atoms with Crippen molar-refractivity contribution < 1.29 is 22.6 Å². The van der Waals surface area contributed by atoms with Gasteiger partial charge in [0.2, 0.25) is 0 Å². The van der Waals surface area contributed by atoms with Gasteiger partial charge in [-0.05, 0) is 41.6 Å². The molecule has 0 radical (unpaired) electrons. The molecule has 0 amide bonds. The maximum atomic E-state index is 13.0. The number of benzene rings is 1. The third-order valence-corrected chi connectivity index (χ3v) is 4.88. The zero-order valence-corrected chi connectivity index (χ0v) is 15.3. The first-order valence-electron chi connectivity index (χ1n) is 7.44. The van der Waals surface area contributed by atoms with Gasteiger partial charge in [-0.1, -0.05) is 0 Å². The van der Waals surface area contributed by atoms with Gasteiger partial charge < -0.3 is 9.47 Å². The number of hydrogen-bond donors (Lipinski definition) is 0. The predicted molar refractivity (Wildman–Crippen MR) is 90.7 cm³/mol. The molecule has 0 aliphatic carbocycles. The average Bonchev–Trinajstić information content (AvgIpc) is 2.70. The summed E-state index contributed by atoms with van der Waals surface area (Å²) in [5.74, 6) is -0.211. The normalized spacial score (nSPS) is 18.2.